The van der Waals surface area contributed by atoms with Crippen LogP contribution in [0.15, 0.2) is 66.6 Å². The van der Waals surface area contributed by atoms with E-state index in [4.69, 9.17) is 22.1 Å². The summed E-state index contributed by atoms with van der Waals surface area (Å²) in [5.74, 6) is 0.164. The number of likely N-dealkylation sites (N-methyl/N-ethyl adjacent to an activating group) is 1. The van der Waals surface area contributed by atoms with E-state index < -0.39 is 5.82 Å². The number of nitrogens with zero attached hydrogens (tertiary/aromatic N) is 7. The van der Waals surface area contributed by atoms with Gasteiger partial charge in [-0.3, -0.25) is 9.59 Å². The SMILES string of the molecule is [C-]#[N+]/C(=C\CN(C)CCCCNC(C)=O)C(=O)N1CCC[C@H]1Cn1nc(-c2ccc(Oc3ccccc3)cc2F)c2c(N)ncnc21. The Morgan fingerprint density at radius 1 is 1.19 bits per heavy atom. The molecule has 2 aromatic carbocycles. The zero-order valence-electron chi connectivity index (χ0n) is 26.5. The van der Waals surface area contributed by atoms with Gasteiger partial charge in [-0.2, -0.15) is 5.10 Å². The number of likely N-dealkylation sites (tertiary alicyclic amines) is 1. The van der Waals surface area contributed by atoms with E-state index in [9.17, 15) is 9.59 Å². The van der Waals surface area contributed by atoms with E-state index in [1.807, 2.05) is 30.1 Å². The summed E-state index contributed by atoms with van der Waals surface area (Å²) in [7, 11) is 1.93. The molecule has 4 aromatic rings. The van der Waals surface area contributed by atoms with Gasteiger partial charge in [0.2, 0.25) is 11.6 Å². The maximum atomic E-state index is 15.6. The first-order valence-electron chi connectivity index (χ1n) is 15.6. The van der Waals surface area contributed by atoms with Crippen molar-refractivity contribution in [2.45, 2.75) is 45.2 Å². The third kappa shape index (κ3) is 8.09. The summed E-state index contributed by atoms with van der Waals surface area (Å²) in [6, 6.07) is 13.4. The number of nitrogen functional groups attached to an aromatic ring is 1. The van der Waals surface area contributed by atoms with Gasteiger partial charge in [0, 0.05) is 38.2 Å². The number of carbonyl (C=O) groups excluding carboxylic acids is 2. The predicted octanol–water partition coefficient (Wildman–Crippen LogP) is 4.65. The largest absolute Gasteiger partial charge is 0.457 e. The van der Waals surface area contributed by atoms with E-state index in [2.05, 4.69) is 20.1 Å². The number of nitrogens with two attached hydrogens (primary N) is 1. The van der Waals surface area contributed by atoms with Gasteiger partial charge < -0.3 is 25.6 Å². The molecule has 2 amide bonds. The number of nitrogens with one attached hydrogen (secondary N) is 1. The molecule has 0 unspecified atom stereocenters. The molecule has 244 valence electrons. The number of ether oxygens (including phenoxy) is 1. The lowest BCUT2D eigenvalue weighted by Gasteiger charge is -2.25. The van der Waals surface area contributed by atoms with Gasteiger partial charge >= 0.3 is 0 Å². The molecule has 2 aromatic heterocycles. The van der Waals surface area contributed by atoms with Crippen LogP contribution in [0.5, 0.6) is 11.5 Å². The summed E-state index contributed by atoms with van der Waals surface area (Å²) >= 11 is 0. The lowest BCUT2D eigenvalue weighted by atomic mass is 10.1. The lowest BCUT2D eigenvalue weighted by molar-refractivity contribution is -0.127. The normalized spacial score (nSPS) is 14.8. The molecule has 5 rings (SSSR count). The number of carbonyl (C=O) groups is 2. The van der Waals surface area contributed by atoms with Crippen LogP contribution in [0, 0.1) is 12.4 Å². The van der Waals surface area contributed by atoms with Crippen molar-refractivity contribution in [3.63, 3.8) is 0 Å². The van der Waals surface area contributed by atoms with Crippen molar-refractivity contribution in [2.75, 3.05) is 39.0 Å². The van der Waals surface area contributed by atoms with Crippen LogP contribution in [-0.4, -0.2) is 80.6 Å². The minimum absolute atomic E-state index is 0.0471. The number of hydrogen-bond donors (Lipinski definition) is 2. The molecule has 12 nitrogen and oxygen atoms in total. The number of amides is 2. The van der Waals surface area contributed by atoms with Crippen LogP contribution >= 0.6 is 0 Å². The molecule has 1 aliphatic heterocycles. The summed E-state index contributed by atoms with van der Waals surface area (Å²) in [6.45, 7) is 11.8. The second-order valence-corrected chi connectivity index (χ2v) is 11.5. The standard InChI is InChI=1S/C34H38FN9O3/c1-23(45)38-16-7-8-17-42(3)19-15-29(37-2)34(46)43-18-9-10-24(43)21-44-33-30(32(36)39-22-40-33)31(41-44)27-14-13-26(20-28(27)35)47-25-11-5-4-6-12-25/h4-6,11-15,20,22,24H,7-10,16-19,21H2,1,3H3,(H,38,45)(H2,36,39,40)/b29-15-/t24-/m0/s1. The molecule has 3 heterocycles. The third-order valence-electron chi connectivity index (χ3n) is 8.03. The number of aromatic nitrogens is 4. The Morgan fingerprint density at radius 2 is 2.00 bits per heavy atom. The maximum Gasteiger partial charge on any atom is 0.252 e. The fourth-order valence-corrected chi connectivity index (χ4v) is 5.65. The van der Waals surface area contributed by atoms with Gasteiger partial charge in [-0.25, -0.2) is 23.9 Å². The van der Waals surface area contributed by atoms with E-state index in [-0.39, 0.29) is 41.5 Å². The number of anilines is 1. The van der Waals surface area contributed by atoms with Crippen LogP contribution in [0.2, 0.25) is 0 Å². The van der Waals surface area contributed by atoms with Gasteiger partial charge in [0.15, 0.2) is 5.65 Å². The Balaban J connectivity index is 1.31. The number of rotatable bonds is 13. The Morgan fingerprint density at radius 3 is 2.74 bits per heavy atom. The van der Waals surface area contributed by atoms with Gasteiger partial charge in [-0.1, -0.05) is 24.3 Å². The summed E-state index contributed by atoms with van der Waals surface area (Å²) in [5, 5.41) is 7.94. The second-order valence-electron chi connectivity index (χ2n) is 11.5. The molecule has 1 aliphatic rings. The number of benzene rings is 2. The number of halogens is 1. The Labute approximate surface area is 272 Å². The van der Waals surface area contributed by atoms with Crippen LogP contribution in [0.3, 0.4) is 0 Å². The van der Waals surface area contributed by atoms with Crippen molar-refractivity contribution in [1.82, 2.24) is 34.9 Å². The summed E-state index contributed by atoms with van der Waals surface area (Å²) in [5.41, 5.74) is 7.27. The number of fused-ring (bicyclic) bond motifs is 1. The quantitative estimate of drug-likeness (QED) is 0.123. The molecule has 0 radical (unpaired) electrons. The highest BCUT2D eigenvalue weighted by atomic mass is 19.1. The van der Waals surface area contributed by atoms with Crippen molar-refractivity contribution >= 4 is 28.7 Å². The highest BCUT2D eigenvalue weighted by Crippen LogP contribution is 2.35. The fraction of sp³-hybridized carbons (Fsp3) is 0.353. The zero-order chi connectivity index (χ0) is 33.3. The topological polar surface area (TPSA) is 136 Å². The number of hydrogen-bond acceptors (Lipinski definition) is 8. The molecule has 0 spiro atoms. The first kappa shape index (κ1) is 33.0. The molecular formula is C34H38FN9O3. The van der Waals surface area contributed by atoms with Gasteiger partial charge in [0.1, 0.15) is 35.2 Å². The zero-order valence-corrected chi connectivity index (χ0v) is 26.5. The minimum atomic E-state index is -0.546. The van der Waals surface area contributed by atoms with E-state index in [0.29, 0.717) is 54.3 Å². The van der Waals surface area contributed by atoms with Crippen molar-refractivity contribution < 1.29 is 18.7 Å². The summed E-state index contributed by atoms with van der Waals surface area (Å²) in [6.07, 6.45) is 6.21. The molecule has 13 heteroatoms. The van der Waals surface area contributed by atoms with Crippen molar-refractivity contribution in [3.8, 4) is 22.8 Å². The van der Waals surface area contributed by atoms with Crippen LogP contribution in [-0.2, 0) is 16.1 Å². The van der Waals surface area contributed by atoms with Gasteiger partial charge in [-0.05, 0) is 63.5 Å². The molecule has 1 saturated heterocycles. The molecule has 1 fully saturated rings. The highest BCUT2D eigenvalue weighted by molar-refractivity contribution is 5.98. The fourth-order valence-electron chi connectivity index (χ4n) is 5.65. The number of para-hydroxylation sites is 1. The minimum Gasteiger partial charge on any atom is -0.457 e. The lowest BCUT2D eigenvalue weighted by Crippen LogP contribution is -2.39. The first-order valence-corrected chi connectivity index (χ1v) is 15.6. The van der Waals surface area contributed by atoms with Crippen molar-refractivity contribution in [1.29, 1.82) is 0 Å². The van der Waals surface area contributed by atoms with E-state index >= 15 is 4.39 Å². The van der Waals surface area contributed by atoms with Gasteiger partial charge in [0.25, 0.3) is 5.91 Å². The van der Waals surface area contributed by atoms with Gasteiger partial charge in [0.05, 0.1) is 24.5 Å². The second kappa shape index (κ2) is 15.3. The Kier molecular flexibility index (Phi) is 10.7. The average Bonchev–Trinajstić information content (AvgIpc) is 3.67. The Bertz CT molecular complexity index is 1800. The van der Waals surface area contributed by atoms with Crippen LogP contribution < -0.4 is 15.8 Å². The van der Waals surface area contributed by atoms with Crippen molar-refractivity contribution in [3.05, 3.63) is 83.9 Å². The predicted molar refractivity (Wildman–Crippen MR) is 176 cm³/mol. The maximum absolute atomic E-state index is 15.6. The third-order valence-corrected chi connectivity index (χ3v) is 8.03. The van der Waals surface area contributed by atoms with Crippen molar-refractivity contribution in [2.24, 2.45) is 0 Å². The molecule has 1 atom stereocenters. The van der Waals surface area contributed by atoms with Crippen LogP contribution in [0.25, 0.3) is 27.1 Å². The monoisotopic (exact) mass is 639 g/mol. The smallest absolute Gasteiger partial charge is 0.252 e. The van der Waals surface area contributed by atoms with E-state index in [1.165, 1.54) is 19.3 Å². The van der Waals surface area contributed by atoms with E-state index in [1.54, 1.807) is 39.9 Å². The van der Waals surface area contributed by atoms with Crippen LogP contribution in [0.4, 0.5) is 10.2 Å². The first-order chi connectivity index (χ1) is 22.7. The molecule has 47 heavy (non-hydrogen) atoms. The number of unbranched alkanes of at least 4 members (excludes halogenated alkanes) is 1. The average molecular weight is 640 g/mol. The molecule has 0 saturated carbocycles. The van der Waals surface area contributed by atoms with E-state index in [0.717, 1.165) is 25.8 Å². The summed E-state index contributed by atoms with van der Waals surface area (Å²) in [4.78, 5) is 40.4. The molecule has 3 N–H and O–H groups in total. The molecular weight excluding hydrogens is 601 g/mol. The van der Waals surface area contributed by atoms with Gasteiger partial charge in [-0.15, -0.1) is 0 Å². The molecule has 0 bridgehead atoms. The highest BCUT2D eigenvalue weighted by Gasteiger charge is 2.32. The molecule has 0 aliphatic carbocycles. The Hall–Kier alpha value is -5.35. The summed E-state index contributed by atoms with van der Waals surface area (Å²) < 4.78 is 23.0. The van der Waals surface area contributed by atoms with Crippen LogP contribution in [0.1, 0.15) is 32.6 Å².